The summed E-state index contributed by atoms with van der Waals surface area (Å²) < 4.78 is 0. The van der Waals surface area contributed by atoms with E-state index >= 15 is 0 Å². The van der Waals surface area contributed by atoms with Crippen molar-refractivity contribution in [2.45, 2.75) is 38.4 Å². The lowest BCUT2D eigenvalue weighted by atomic mass is 9.98. The third-order valence-corrected chi connectivity index (χ3v) is 4.50. The Morgan fingerprint density at radius 3 is 2.33 bits per heavy atom. The van der Waals surface area contributed by atoms with Crippen molar-refractivity contribution in [2.24, 2.45) is 5.73 Å². The number of nitrogens with two attached hydrogens (primary N) is 1. The molecule has 2 unspecified atom stereocenters. The highest BCUT2D eigenvalue weighted by atomic mass is 15.2. The molecule has 0 amide bonds. The standard InChI is InChI=1S/C19H24N2/c1-15-13-19(20)11-12-21(15)14-16-7-9-18(10-8-16)17-5-3-2-4-6-17/h2-10,15,19H,11-14,20H2,1H3. The van der Waals surface area contributed by atoms with Crippen LogP contribution in [-0.2, 0) is 6.54 Å². The van der Waals surface area contributed by atoms with Crippen molar-refractivity contribution in [3.05, 3.63) is 60.2 Å². The van der Waals surface area contributed by atoms with Gasteiger partial charge >= 0.3 is 0 Å². The first kappa shape index (κ1) is 14.3. The zero-order valence-electron chi connectivity index (χ0n) is 12.7. The molecule has 1 heterocycles. The minimum absolute atomic E-state index is 0.386. The van der Waals surface area contributed by atoms with Gasteiger partial charge in [0.05, 0.1) is 0 Å². The summed E-state index contributed by atoms with van der Waals surface area (Å²) in [6, 6.07) is 20.5. The number of hydrogen-bond donors (Lipinski definition) is 1. The average Bonchev–Trinajstić information content (AvgIpc) is 2.52. The molecular weight excluding hydrogens is 256 g/mol. The van der Waals surface area contributed by atoms with E-state index in [9.17, 15) is 0 Å². The minimum Gasteiger partial charge on any atom is -0.328 e. The van der Waals surface area contributed by atoms with E-state index < -0.39 is 0 Å². The molecule has 2 heteroatoms. The maximum Gasteiger partial charge on any atom is 0.0236 e. The second-order valence-electron chi connectivity index (χ2n) is 6.17. The second kappa shape index (κ2) is 6.42. The summed E-state index contributed by atoms with van der Waals surface area (Å²) in [4.78, 5) is 2.54. The van der Waals surface area contributed by atoms with E-state index in [1.807, 2.05) is 0 Å². The zero-order valence-corrected chi connectivity index (χ0v) is 12.7. The van der Waals surface area contributed by atoms with Gasteiger partial charge in [-0.05, 0) is 36.5 Å². The van der Waals surface area contributed by atoms with Crippen molar-refractivity contribution in [2.75, 3.05) is 6.54 Å². The molecule has 2 nitrogen and oxygen atoms in total. The molecule has 2 atom stereocenters. The fourth-order valence-electron chi connectivity index (χ4n) is 3.16. The van der Waals surface area contributed by atoms with E-state index in [2.05, 4.69) is 66.4 Å². The largest absolute Gasteiger partial charge is 0.328 e. The van der Waals surface area contributed by atoms with Crippen LogP contribution in [0.25, 0.3) is 11.1 Å². The number of likely N-dealkylation sites (tertiary alicyclic amines) is 1. The smallest absolute Gasteiger partial charge is 0.0236 e. The van der Waals surface area contributed by atoms with Crippen molar-refractivity contribution >= 4 is 0 Å². The third-order valence-electron chi connectivity index (χ3n) is 4.50. The first-order valence-corrected chi connectivity index (χ1v) is 7.86. The second-order valence-corrected chi connectivity index (χ2v) is 6.17. The lowest BCUT2D eigenvalue weighted by molar-refractivity contribution is 0.140. The van der Waals surface area contributed by atoms with Gasteiger partial charge in [0.1, 0.15) is 0 Å². The zero-order chi connectivity index (χ0) is 14.7. The lowest BCUT2D eigenvalue weighted by Gasteiger charge is -2.36. The van der Waals surface area contributed by atoms with Crippen LogP contribution in [0.2, 0.25) is 0 Å². The fraction of sp³-hybridized carbons (Fsp3) is 0.368. The van der Waals surface area contributed by atoms with E-state index in [-0.39, 0.29) is 0 Å². The summed E-state index contributed by atoms with van der Waals surface area (Å²) in [5, 5.41) is 0. The molecule has 0 spiro atoms. The number of benzene rings is 2. The van der Waals surface area contributed by atoms with Gasteiger partial charge in [-0.25, -0.2) is 0 Å². The van der Waals surface area contributed by atoms with Gasteiger partial charge in [0.2, 0.25) is 0 Å². The quantitative estimate of drug-likeness (QED) is 0.929. The van der Waals surface area contributed by atoms with Crippen LogP contribution in [0.15, 0.2) is 54.6 Å². The summed E-state index contributed by atoms with van der Waals surface area (Å²) in [5.74, 6) is 0. The molecule has 2 N–H and O–H groups in total. The molecule has 1 aliphatic rings. The minimum atomic E-state index is 0.386. The lowest BCUT2D eigenvalue weighted by Crippen LogP contribution is -2.44. The van der Waals surface area contributed by atoms with E-state index in [4.69, 9.17) is 5.73 Å². The Balaban J connectivity index is 1.67. The summed E-state index contributed by atoms with van der Waals surface area (Å²) in [6.07, 6.45) is 2.23. The highest BCUT2D eigenvalue weighted by Gasteiger charge is 2.22. The monoisotopic (exact) mass is 280 g/mol. The number of nitrogens with zero attached hydrogens (tertiary/aromatic N) is 1. The molecule has 110 valence electrons. The molecule has 1 aliphatic heterocycles. The highest BCUT2D eigenvalue weighted by Crippen LogP contribution is 2.22. The Kier molecular flexibility index (Phi) is 4.37. The van der Waals surface area contributed by atoms with Gasteiger partial charge < -0.3 is 5.73 Å². The summed E-state index contributed by atoms with van der Waals surface area (Å²) in [5.41, 5.74) is 9.99. The average molecular weight is 280 g/mol. The predicted octanol–water partition coefficient (Wildman–Crippen LogP) is 3.67. The predicted molar refractivity (Wildman–Crippen MR) is 89.0 cm³/mol. The van der Waals surface area contributed by atoms with Crippen LogP contribution in [0.4, 0.5) is 0 Å². The van der Waals surface area contributed by atoms with Crippen LogP contribution in [0.5, 0.6) is 0 Å². The number of hydrogen-bond acceptors (Lipinski definition) is 2. The number of rotatable bonds is 3. The summed E-state index contributed by atoms with van der Waals surface area (Å²) in [6.45, 7) is 4.43. The Hall–Kier alpha value is -1.64. The molecule has 2 aromatic rings. The third kappa shape index (κ3) is 3.52. The molecular formula is C19H24N2. The summed E-state index contributed by atoms with van der Waals surface area (Å²) in [7, 11) is 0. The number of piperidine rings is 1. The van der Waals surface area contributed by atoms with Crippen molar-refractivity contribution in [1.82, 2.24) is 4.90 Å². The van der Waals surface area contributed by atoms with Crippen molar-refractivity contribution in [3.63, 3.8) is 0 Å². The van der Waals surface area contributed by atoms with Gasteiger partial charge in [0, 0.05) is 25.2 Å². The molecule has 0 bridgehead atoms. The van der Waals surface area contributed by atoms with Crippen LogP contribution >= 0.6 is 0 Å². The molecule has 0 aromatic heterocycles. The van der Waals surface area contributed by atoms with Gasteiger partial charge in [0.15, 0.2) is 0 Å². The maximum absolute atomic E-state index is 6.04. The Bertz CT molecular complexity index is 562. The van der Waals surface area contributed by atoms with Gasteiger partial charge in [-0.3, -0.25) is 4.90 Å². The van der Waals surface area contributed by atoms with Crippen LogP contribution in [0.1, 0.15) is 25.3 Å². The Morgan fingerprint density at radius 2 is 1.67 bits per heavy atom. The molecule has 0 radical (unpaired) electrons. The molecule has 3 rings (SSSR count). The van der Waals surface area contributed by atoms with Crippen LogP contribution in [0.3, 0.4) is 0 Å². The topological polar surface area (TPSA) is 29.3 Å². The highest BCUT2D eigenvalue weighted by molar-refractivity contribution is 5.63. The maximum atomic E-state index is 6.04. The van der Waals surface area contributed by atoms with Crippen LogP contribution < -0.4 is 5.73 Å². The van der Waals surface area contributed by atoms with Gasteiger partial charge in [-0.2, -0.15) is 0 Å². The molecule has 0 aliphatic carbocycles. The van der Waals surface area contributed by atoms with Crippen molar-refractivity contribution in [1.29, 1.82) is 0 Å². The van der Waals surface area contributed by atoms with Gasteiger partial charge in [-0.1, -0.05) is 54.6 Å². The van der Waals surface area contributed by atoms with E-state index in [1.54, 1.807) is 0 Å². The van der Waals surface area contributed by atoms with Gasteiger partial charge in [0.25, 0.3) is 0 Å². The van der Waals surface area contributed by atoms with Crippen LogP contribution in [0, 0.1) is 0 Å². The first-order valence-electron chi connectivity index (χ1n) is 7.86. The fourth-order valence-corrected chi connectivity index (χ4v) is 3.16. The molecule has 2 aromatic carbocycles. The SMILES string of the molecule is CC1CC(N)CCN1Cc1ccc(-c2ccccc2)cc1. The van der Waals surface area contributed by atoms with E-state index in [0.29, 0.717) is 12.1 Å². The molecule has 1 fully saturated rings. The molecule has 0 saturated carbocycles. The summed E-state index contributed by atoms with van der Waals surface area (Å²) >= 11 is 0. The van der Waals surface area contributed by atoms with E-state index in [0.717, 1.165) is 25.9 Å². The molecule has 21 heavy (non-hydrogen) atoms. The van der Waals surface area contributed by atoms with Gasteiger partial charge in [-0.15, -0.1) is 0 Å². The van der Waals surface area contributed by atoms with Crippen molar-refractivity contribution < 1.29 is 0 Å². The van der Waals surface area contributed by atoms with E-state index in [1.165, 1.54) is 16.7 Å². The Morgan fingerprint density at radius 1 is 1.00 bits per heavy atom. The van der Waals surface area contributed by atoms with Crippen molar-refractivity contribution in [3.8, 4) is 11.1 Å². The Labute approximate surface area is 127 Å². The first-order chi connectivity index (χ1) is 10.2. The normalized spacial score (nSPS) is 23.1. The molecule has 1 saturated heterocycles. The van der Waals surface area contributed by atoms with Crippen LogP contribution in [-0.4, -0.2) is 23.5 Å².